The van der Waals surface area contributed by atoms with E-state index in [4.69, 9.17) is 0 Å². The van der Waals surface area contributed by atoms with Gasteiger partial charge in [0.05, 0.1) is 5.56 Å². The van der Waals surface area contributed by atoms with Crippen LogP contribution in [0.5, 0.6) is 0 Å². The molecule has 0 spiro atoms. The molecule has 3 unspecified atom stereocenters. The third kappa shape index (κ3) is 3.68. The first-order valence-corrected chi connectivity index (χ1v) is 7.70. The van der Waals surface area contributed by atoms with E-state index in [0.717, 1.165) is 25.3 Å². The van der Waals surface area contributed by atoms with Crippen molar-refractivity contribution in [2.75, 3.05) is 5.32 Å². The fraction of sp³-hybridized carbons (Fsp3) is 0.600. The van der Waals surface area contributed by atoms with Crippen molar-refractivity contribution in [2.24, 2.45) is 11.8 Å². The first-order valence-electron chi connectivity index (χ1n) is 6.90. The first-order chi connectivity index (χ1) is 9.27. The van der Waals surface area contributed by atoms with Crippen LogP contribution in [-0.4, -0.2) is 6.04 Å². The van der Waals surface area contributed by atoms with E-state index in [1.165, 1.54) is 12.1 Å². The van der Waals surface area contributed by atoms with Gasteiger partial charge in [-0.05, 0) is 65.2 Å². The summed E-state index contributed by atoms with van der Waals surface area (Å²) >= 11 is 3.32. The molecule has 5 heteroatoms. The summed E-state index contributed by atoms with van der Waals surface area (Å²) in [5, 5.41) is 3.27. The average Bonchev–Trinajstić information content (AvgIpc) is 2.35. The average molecular weight is 350 g/mol. The maximum Gasteiger partial charge on any atom is 0.416 e. The molecule has 0 saturated heterocycles. The molecule has 0 aliphatic heterocycles. The molecule has 1 aromatic carbocycles. The van der Waals surface area contributed by atoms with Gasteiger partial charge in [0.25, 0.3) is 0 Å². The van der Waals surface area contributed by atoms with Crippen molar-refractivity contribution < 1.29 is 13.2 Å². The van der Waals surface area contributed by atoms with Crippen LogP contribution in [-0.2, 0) is 6.18 Å². The number of benzene rings is 1. The zero-order chi connectivity index (χ0) is 14.9. The molecule has 0 aromatic heterocycles. The molecule has 3 atom stereocenters. The van der Waals surface area contributed by atoms with E-state index >= 15 is 0 Å². The molecule has 0 radical (unpaired) electrons. The molecule has 1 aromatic rings. The molecule has 1 aliphatic rings. The lowest BCUT2D eigenvalue weighted by molar-refractivity contribution is -0.137. The van der Waals surface area contributed by atoms with Crippen LogP contribution in [0.1, 0.15) is 38.7 Å². The third-order valence-electron chi connectivity index (χ3n) is 4.25. The lowest BCUT2D eigenvalue weighted by Crippen LogP contribution is -2.30. The fourth-order valence-electron chi connectivity index (χ4n) is 2.71. The Morgan fingerprint density at radius 1 is 1.15 bits per heavy atom. The topological polar surface area (TPSA) is 12.0 Å². The largest absolute Gasteiger partial charge is 0.416 e. The van der Waals surface area contributed by atoms with Crippen molar-refractivity contribution in [3.8, 4) is 0 Å². The quantitative estimate of drug-likeness (QED) is 0.721. The molecule has 0 amide bonds. The van der Waals surface area contributed by atoms with Crippen molar-refractivity contribution in [1.82, 2.24) is 0 Å². The number of alkyl halides is 3. The van der Waals surface area contributed by atoms with E-state index in [0.29, 0.717) is 22.0 Å². The van der Waals surface area contributed by atoms with Crippen LogP contribution in [0.15, 0.2) is 22.7 Å². The maximum absolute atomic E-state index is 12.7. The van der Waals surface area contributed by atoms with Crippen LogP contribution >= 0.6 is 15.9 Å². The van der Waals surface area contributed by atoms with Gasteiger partial charge < -0.3 is 5.32 Å². The Balaban J connectivity index is 2.13. The van der Waals surface area contributed by atoms with Gasteiger partial charge in [0.2, 0.25) is 0 Å². The molecular weight excluding hydrogens is 331 g/mol. The Labute approximate surface area is 126 Å². The second-order valence-corrected chi connectivity index (χ2v) is 6.66. The number of hydrogen-bond acceptors (Lipinski definition) is 1. The van der Waals surface area contributed by atoms with Gasteiger partial charge >= 0.3 is 6.18 Å². The summed E-state index contributed by atoms with van der Waals surface area (Å²) in [5.74, 6) is 1.30. The summed E-state index contributed by atoms with van der Waals surface area (Å²) < 4.78 is 38.9. The molecule has 20 heavy (non-hydrogen) atoms. The Bertz CT molecular complexity index is 473. The van der Waals surface area contributed by atoms with E-state index < -0.39 is 11.7 Å². The molecule has 1 fully saturated rings. The van der Waals surface area contributed by atoms with Gasteiger partial charge in [-0.25, -0.2) is 0 Å². The highest BCUT2D eigenvalue weighted by molar-refractivity contribution is 9.10. The van der Waals surface area contributed by atoms with Crippen LogP contribution in [0.3, 0.4) is 0 Å². The predicted octanol–water partition coefficient (Wildman–Crippen LogP) is 5.70. The summed E-state index contributed by atoms with van der Waals surface area (Å²) in [6, 6.07) is 3.99. The minimum atomic E-state index is -4.30. The lowest BCUT2D eigenvalue weighted by Gasteiger charge is -2.33. The lowest BCUT2D eigenvalue weighted by atomic mass is 9.79. The van der Waals surface area contributed by atoms with E-state index in [9.17, 15) is 13.2 Å². The zero-order valence-electron chi connectivity index (χ0n) is 11.6. The van der Waals surface area contributed by atoms with Crippen LogP contribution in [0, 0.1) is 11.8 Å². The number of rotatable bonds is 2. The first kappa shape index (κ1) is 15.7. The smallest absolute Gasteiger partial charge is 0.381 e. The minimum Gasteiger partial charge on any atom is -0.381 e. The van der Waals surface area contributed by atoms with Crippen molar-refractivity contribution in [3.63, 3.8) is 0 Å². The van der Waals surface area contributed by atoms with Crippen LogP contribution in [0.4, 0.5) is 18.9 Å². The van der Waals surface area contributed by atoms with Crippen molar-refractivity contribution in [3.05, 3.63) is 28.2 Å². The Morgan fingerprint density at radius 3 is 2.45 bits per heavy atom. The van der Waals surface area contributed by atoms with E-state index in [2.05, 4.69) is 35.1 Å². The van der Waals surface area contributed by atoms with E-state index in [-0.39, 0.29) is 6.04 Å². The Morgan fingerprint density at radius 2 is 1.85 bits per heavy atom. The monoisotopic (exact) mass is 349 g/mol. The fourth-order valence-corrected chi connectivity index (χ4v) is 3.07. The van der Waals surface area contributed by atoms with Gasteiger partial charge in [0, 0.05) is 16.2 Å². The zero-order valence-corrected chi connectivity index (χ0v) is 13.2. The molecule has 2 rings (SSSR count). The summed E-state index contributed by atoms with van der Waals surface area (Å²) in [4.78, 5) is 0. The molecular formula is C15H19BrF3N. The summed E-state index contributed by atoms with van der Waals surface area (Å²) in [5.41, 5.74) is -0.0768. The van der Waals surface area contributed by atoms with Gasteiger partial charge in [0.15, 0.2) is 0 Å². The van der Waals surface area contributed by atoms with E-state index in [1.54, 1.807) is 0 Å². The van der Waals surface area contributed by atoms with Crippen molar-refractivity contribution in [2.45, 2.75) is 45.3 Å². The highest BCUT2D eigenvalue weighted by Gasteiger charge is 2.31. The van der Waals surface area contributed by atoms with Crippen molar-refractivity contribution in [1.29, 1.82) is 0 Å². The molecule has 1 N–H and O–H groups in total. The molecule has 0 bridgehead atoms. The standard InChI is InChI=1S/C15H19BrF3N/c1-9-3-5-12(7-10(9)2)20-14-8-11(15(17,18)19)4-6-13(14)16/h4,6,8-10,12,20H,3,5,7H2,1-2H3. The van der Waals surface area contributed by atoms with Crippen LogP contribution < -0.4 is 5.32 Å². The van der Waals surface area contributed by atoms with E-state index in [1.807, 2.05) is 0 Å². The normalized spacial score (nSPS) is 27.4. The SMILES string of the molecule is CC1CCC(Nc2cc(C(F)(F)F)ccc2Br)CC1C. The second kappa shape index (κ2) is 5.96. The summed E-state index contributed by atoms with van der Waals surface area (Å²) in [7, 11) is 0. The van der Waals surface area contributed by atoms with Crippen LogP contribution in [0.2, 0.25) is 0 Å². The maximum atomic E-state index is 12.7. The van der Waals surface area contributed by atoms with Gasteiger partial charge in [-0.15, -0.1) is 0 Å². The molecule has 1 saturated carbocycles. The molecule has 1 aliphatic carbocycles. The third-order valence-corrected chi connectivity index (χ3v) is 4.94. The van der Waals surface area contributed by atoms with Crippen LogP contribution in [0.25, 0.3) is 0 Å². The Kier molecular flexibility index (Phi) is 4.67. The highest BCUT2D eigenvalue weighted by atomic mass is 79.9. The second-order valence-electron chi connectivity index (χ2n) is 5.80. The number of halogens is 4. The number of anilines is 1. The Hall–Kier alpha value is -0.710. The van der Waals surface area contributed by atoms with Gasteiger partial charge in [0.1, 0.15) is 0 Å². The minimum absolute atomic E-state index is 0.251. The number of nitrogens with one attached hydrogen (secondary N) is 1. The highest BCUT2D eigenvalue weighted by Crippen LogP contribution is 2.36. The summed E-state index contributed by atoms with van der Waals surface area (Å²) in [6.45, 7) is 4.45. The molecule has 112 valence electrons. The van der Waals surface area contributed by atoms with Crippen molar-refractivity contribution >= 4 is 21.6 Å². The number of hydrogen-bond donors (Lipinski definition) is 1. The molecule has 0 heterocycles. The summed E-state index contributed by atoms with van der Waals surface area (Å²) in [6.07, 6.45) is -1.17. The van der Waals surface area contributed by atoms with Gasteiger partial charge in [-0.1, -0.05) is 13.8 Å². The predicted molar refractivity (Wildman–Crippen MR) is 78.7 cm³/mol. The van der Waals surface area contributed by atoms with Gasteiger partial charge in [-0.2, -0.15) is 13.2 Å². The molecule has 1 nitrogen and oxygen atoms in total. The van der Waals surface area contributed by atoms with Gasteiger partial charge in [-0.3, -0.25) is 0 Å².